The summed E-state index contributed by atoms with van der Waals surface area (Å²) in [6, 6.07) is 4.98. The number of rotatable bonds is 5. The number of benzene rings is 1. The Morgan fingerprint density at radius 3 is 2.12 bits per heavy atom. The molecule has 1 aromatic rings. The Labute approximate surface area is 142 Å². The largest absolute Gasteiger partial charge is 0.493 e. The van der Waals surface area contributed by atoms with Crippen molar-refractivity contribution in [3.63, 3.8) is 0 Å². The number of carbonyl (C=O) groups excluding carboxylic acids is 1. The minimum absolute atomic E-state index is 0.155. The number of hydrogen-bond acceptors (Lipinski definition) is 5. The molecule has 1 aliphatic heterocycles. The van der Waals surface area contributed by atoms with Crippen LogP contribution in [0.15, 0.2) is 18.2 Å². The summed E-state index contributed by atoms with van der Waals surface area (Å²) >= 11 is 0. The molecule has 8 nitrogen and oxygen atoms in total. The van der Waals surface area contributed by atoms with Gasteiger partial charge in [-0.2, -0.15) is 17.0 Å². The molecule has 0 spiro atoms. The molecule has 1 heterocycles. The molecule has 0 aliphatic carbocycles. The van der Waals surface area contributed by atoms with Crippen molar-refractivity contribution in [2.24, 2.45) is 0 Å². The van der Waals surface area contributed by atoms with Gasteiger partial charge < -0.3 is 14.4 Å². The topological polar surface area (TPSA) is 79.4 Å². The van der Waals surface area contributed by atoms with Crippen molar-refractivity contribution in [3.05, 3.63) is 23.8 Å². The van der Waals surface area contributed by atoms with Crippen LogP contribution in [0, 0.1) is 0 Å². The lowest BCUT2D eigenvalue weighted by Crippen LogP contribution is -2.53. The number of piperazine rings is 1. The van der Waals surface area contributed by atoms with E-state index in [-0.39, 0.29) is 19.0 Å². The molecule has 0 bridgehead atoms. The molecule has 1 saturated heterocycles. The van der Waals surface area contributed by atoms with Crippen LogP contribution in [0.2, 0.25) is 0 Å². The van der Waals surface area contributed by atoms with Crippen molar-refractivity contribution < 1.29 is 22.7 Å². The van der Waals surface area contributed by atoms with Crippen LogP contribution in [0.4, 0.5) is 0 Å². The molecule has 1 amide bonds. The van der Waals surface area contributed by atoms with Crippen molar-refractivity contribution in [1.29, 1.82) is 0 Å². The van der Waals surface area contributed by atoms with Gasteiger partial charge in [-0.05, 0) is 18.2 Å². The van der Waals surface area contributed by atoms with Crippen molar-refractivity contribution in [1.82, 2.24) is 13.5 Å². The van der Waals surface area contributed by atoms with Gasteiger partial charge >= 0.3 is 0 Å². The Morgan fingerprint density at radius 1 is 1.04 bits per heavy atom. The SMILES string of the molecule is COc1ccc(C(=O)N2CCN(S(=O)(=O)N(C)C)CC2)cc1OC. The van der Waals surface area contributed by atoms with E-state index < -0.39 is 10.2 Å². The predicted octanol–water partition coefficient (Wildman–Crippen LogP) is 0.268. The summed E-state index contributed by atoms with van der Waals surface area (Å²) in [5.41, 5.74) is 0.483. The van der Waals surface area contributed by atoms with Gasteiger partial charge in [0.1, 0.15) is 0 Å². The second-order valence-electron chi connectivity index (χ2n) is 5.55. The third-order valence-corrected chi connectivity index (χ3v) is 5.88. The van der Waals surface area contributed by atoms with Crippen LogP contribution < -0.4 is 9.47 Å². The molecular formula is C15H23N3O5S. The second-order valence-corrected chi connectivity index (χ2v) is 7.69. The van der Waals surface area contributed by atoms with Gasteiger partial charge in [0.05, 0.1) is 14.2 Å². The Kier molecular flexibility index (Phi) is 5.68. The van der Waals surface area contributed by atoms with Crippen molar-refractivity contribution >= 4 is 16.1 Å². The van der Waals surface area contributed by atoms with Gasteiger partial charge in [-0.15, -0.1) is 0 Å². The normalized spacial score (nSPS) is 16.3. The highest BCUT2D eigenvalue weighted by Crippen LogP contribution is 2.28. The summed E-state index contributed by atoms with van der Waals surface area (Å²) in [7, 11) is 2.59. The maximum absolute atomic E-state index is 12.6. The highest BCUT2D eigenvalue weighted by Gasteiger charge is 2.30. The molecule has 2 rings (SSSR count). The first kappa shape index (κ1) is 18.5. The van der Waals surface area contributed by atoms with E-state index in [1.54, 1.807) is 23.1 Å². The lowest BCUT2D eigenvalue weighted by Gasteiger charge is -2.35. The fourth-order valence-corrected chi connectivity index (χ4v) is 3.59. The van der Waals surface area contributed by atoms with Crippen molar-refractivity contribution in [2.75, 3.05) is 54.5 Å². The van der Waals surface area contributed by atoms with Gasteiger partial charge in [-0.25, -0.2) is 0 Å². The first-order valence-corrected chi connectivity index (χ1v) is 8.90. The average molecular weight is 357 g/mol. The van der Waals surface area contributed by atoms with E-state index in [9.17, 15) is 13.2 Å². The van der Waals surface area contributed by atoms with E-state index in [2.05, 4.69) is 0 Å². The molecule has 0 unspecified atom stereocenters. The monoisotopic (exact) mass is 357 g/mol. The number of ether oxygens (including phenoxy) is 2. The van der Waals surface area contributed by atoms with Crippen LogP contribution in [0.25, 0.3) is 0 Å². The number of methoxy groups -OCH3 is 2. The maximum Gasteiger partial charge on any atom is 0.281 e. The smallest absolute Gasteiger partial charge is 0.281 e. The van der Waals surface area contributed by atoms with E-state index >= 15 is 0 Å². The molecule has 1 aromatic carbocycles. The first-order valence-electron chi connectivity index (χ1n) is 7.50. The van der Waals surface area contributed by atoms with E-state index in [1.165, 1.54) is 36.9 Å². The van der Waals surface area contributed by atoms with Crippen molar-refractivity contribution in [2.45, 2.75) is 0 Å². The summed E-state index contributed by atoms with van der Waals surface area (Å²) in [6.07, 6.45) is 0. The Hall–Kier alpha value is -1.84. The summed E-state index contributed by atoms with van der Waals surface area (Å²) in [6.45, 7) is 1.25. The summed E-state index contributed by atoms with van der Waals surface area (Å²) in [4.78, 5) is 14.3. The Morgan fingerprint density at radius 2 is 1.62 bits per heavy atom. The van der Waals surface area contributed by atoms with E-state index in [0.717, 1.165) is 0 Å². The van der Waals surface area contributed by atoms with Crippen molar-refractivity contribution in [3.8, 4) is 11.5 Å². The molecule has 134 valence electrons. The van der Waals surface area contributed by atoms with Gasteiger partial charge in [0.15, 0.2) is 11.5 Å². The summed E-state index contributed by atoms with van der Waals surface area (Å²) in [5.74, 6) is 0.881. The van der Waals surface area contributed by atoms with Gasteiger partial charge in [0.25, 0.3) is 16.1 Å². The standard InChI is InChI=1S/C15H23N3O5S/c1-16(2)24(20,21)18-9-7-17(8-10-18)15(19)12-5-6-13(22-3)14(11-12)23-4/h5-6,11H,7-10H2,1-4H3. The van der Waals surface area contributed by atoms with Crippen LogP contribution in [0.5, 0.6) is 11.5 Å². The lowest BCUT2D eigenvalue weighted by molar-refractivity contribution is 0.0695. The fourth-order valence-electron chi connectivity index (χ4n) is 2.50. The molecule has 0 radical (unpaired) electrons. The molecule has 9 heteroatoms. The van der Waals surface area contributed by atoms with E-state index in [4.69, 9.17) is 9.47 Å². The Bertz CT molecular complexity index is 697. The summed E-state index contributed by atoms with van der Waals surface area (Å²) in [5, 5.41) is 0. The highest BCUT2D eigenvalue weighted by molar-refractivity contribution is 7.86. The highest BCUT2D eigenvalue weighted by atomic mass is 32.2. The second kappa shape index (κ2) is 7.37. The van der Waals surface area contributed by atoms with Crippen LogP contribution >= 0.6 is 0 Å². The molecule has 24 heavy (non-hydrogen) atoms. The van der Waals surface area contributed by atoms with E-state index in [0.29, 0.717) is 30.2 Å². The minimum atomic E-state index is -3.44. The zero-order chi connectivity index (χ0) is 17.9. The number of amides is 1. The molecular weight excluding hydrogens is 334 g/mol. The van der Waals surface area contributed by atoms with E-state index in [1.807, 2.05) is 0 Å². The van der Waals surface area contributed by atoms with Crippen LogP contribution in [-0.4, -0.2) is 82.3 Å². The molecule has 0 atom stereocenters. The van der Waals surface area contributed by atoms with Crippen LogP contribution in [0.3, 0.4) is 0 Å². The minimum Gasteiger partial charge on any atom is -0.493 e. The van der Waals surface area contributed by atoms with Gasteiger partial charge in [0.2, 0.25) is 0 Å². The molecule has 1 aliphatic rings. The third kappa shape index (κ3) is 3.63. The molecule has 1 fully saturated rings. The predicted molar refractivity (Wildman–Crippen MR) is 89.6 cm³/mol. The van der Waals surface area contributed by atoms with Gasteiger partial charge in [-0.1, -0.05) is 0 Å². The molecule has 0 aromatic heterocycles. The van der Waals surface area contributed by atoms with Gasteiger partial charge in [-0.3, -0.25) is 4.79 Å². The number of carbonyl (C=O) groups is 1. The quantitative estimate of drug-likeness (QED) is 0.756. The molecule has 0 saturated carbocycles. The zero-order valence-corrected chi connectivity index (χ0v) is 15.2. The van der Waals surface area contributed by atoms with Gasteiger partial charge in [0, 0.05) is 45.8 Å². The number of hydrogen-bond donors (Lipinski definition) is 0. The first-order chi connectivity index (χ1) is 11.3. The fraction of sp³-hybridized carbons (Fsp3) is 0.533. The number of nitrogens with zero attached hydrogens (tertiary/aromatic N) is 3. The lowest BCUT2D eigenvalue weighted by atomic mass is 10.1. The summed E-state index contributed by atoms with van der Waals surface area (Å²) < 4.78 is 37.1. The molecule has 0 N–H and O–H groups in total. The van der Waals surface area contributed by atoms with Crippen LogP contribution in [-0.2, 0) is 10.2 Å². The Balaban J connectivity index is 2.08. The third-order valence-electron chi connectivity index (χ3n) is 3.94. The maximum atomic E-state index is 12.6. The zero-order valence-electron chi connectivity index (χ0n) is 14.4. The average Bonchev–Trinajstić information content (AvgIpc) is 2.60. The van der Waals surface area contributed by atoms with Crippen LogP contribution in [0.1, 0.15) is 10.4 Å².